The third-order valence-corrected chi connectivity index (χ3v) is 5.30. The van der Waals surface area contributed by atoms with Gasteiger partial charge in [-0.1, -0.05) is 89.1 Å². The Balaban J connectivity index is 2.64. The molecular formula is C24H40O4. The van der Waals surface area contributed by atoms with E-state index in [4.69, 9.17) is 9.47 Å². The monoisotopic (exact) mass is 392 g/mol. The van der Waals surface area contributed by atoms with Crippen LogP contribution in [0.4, 0.5) is 0 Å². The Bertz CT molecular complexity index is 503. The predicted octanol–water partition coefficient (Wildman–Crippen LogP) is 5.66. The summed E-state index contributed by atoms with van der Waals surface area (Å²) in [4.78, 5) is 12.2. The van der Waals surface area contributed by atoms with Gasteiger partial charge >= 0.3 is 5.97 Å². The van der Waals surface area contributed by atoms with Crippen LogP contribution >= 0.6 is 0 Å². The molecule has 160 valence electrons. The molecule has 0 fully saturated rings. The van der Waals surface area contributed by atoms with Gasteiger partial charge in [-0.15, -0.1) is 0 Å². The van der Waals surface area contributed by atoms with Crippen molar-refractivity contribution < 1.29 is 19.4 Å². The number of carbonyl (C=O) groups is 1. The molecular weight excluding hydrogens is 352 g/mol. The summed E-state index contributed by atoms with van der Waals surface area (Å²) in [6, 6.07) is 10.1. The largest absolute Gasteiger partial charge is 0.469 e. The molecule has 28 heavy (non-hydrogen) atoms. The smallest absolute Gasteiger partial charge is 0.311 e. The molecule has 0 heterocycles. The van der Waals surface area contributed by atoms with E-state index in [1.54, 1.807) is 0 Å². The van der Waals surface area contributed by atoms with Crippen molar-refractivity contribution in [2.24, 2.45) is 5.92 Å². The van der Waals surface area contributed by atoms with Crippen LogP contribution in [0.3, 0.4) is 0 Å². The fourth-order valence-corrected chi connectivity index (χ4v) is 3.52. The topological polar surface area (TPSA) is 55.8 Å². The van der Waals surface area contributed by atoms with Gasteiger partial charge in [0.15, 0.2) is 0 Å². The van der Waals surface area contributed by atoms with Crippen molar-refractivity contribution in [3.8, 4) is 0 Å². The normalized spacial score (nSPS) is 14.4. The fourth-order valence-electron chi connectivity index (χ4n) is 3.52. The van der Waals surface area contributed by atoms with Crippen molar-refractivity contribution in [1.82, 2.24) is 0 Å². The first-order chi connectivity index (χ1) is 13.6. The van der Waals surface area contributed by atoms with Crippen LogP contribution in [0.2, 0.25) is 0 Å². The standard InChI is InChI=1S/C24H40O4/c1-4-6-8-13-17-22(24(26)27-3)23(25)18-21(16-10-7-5-2)28-19-20-14-11-9-12-15-20/h9,11-12,14-15,21-23,25H,4-8,10,13,16-19H2,1-3H3. The molecule has 0 bridgehead atoms. The Kier molecular flexibility index (Phi) is 13.7. The van der Waals surface area contributed by atoms with E-state index in [2.05, 4.69) is 13.8 Å². The zero-order valence-electron chi connectivity index (χ0n) is 18.1. The molecule has 0 radical (unpaired) electrons. The summed E-state index contributed by atoms with van der Waals surface area (Å²) in [6.45, 7) is 4.87. The van der Waals surface area contributed by atoms with E-state index in [9.17, 15) is 9.90 Å². The van der Waals surface area contributed by atoms with Crippen molar-refractivity contribution in [3.05, 3.63) is 35.9 Å². The van der Waals surface area contributed by atoms with Gasteiger partial charge in [0.25, 0.3) is 0 Å². The van der Waals surface area contributed by atoms with Crippen LogP contribution in [-0.4, -0.2) is 30.4 Å². The molecule has 3 atom stereocenters. The van der Waals surface area contributed by atoms with Crippen LogP contribution in [0.5, 0.6) is 0 Å². The highest BCUT2D eigenvalue weighted by Gasteiger charge is 2.29. The van der Waals surface area contributed by atoms with Crippen LogP contribution in [0, 0.1) is 5.92 Å². The van der Waals surface area contributed by atoms with Crippen molar-refractivity contribution in [1.29, 1.82) is 0 Å². The Labute approximate surface area is 171 Å². The maximum atomic E-state index is 12.2. The SMILES string of the molecule is CCCCCCC(C(=O)OC)C(O)CC(CCCCC)OCc1ccccc1. The van der Waals surface area contributed by atoms with Gasteiger partial charge < -0.3 is 14.6 Å². The Hall–Kier alpha value is -1.39. The minimum Gasteiger partial charge on any atom is -0.469 e. The van der Waals surface area contributed by atoms with Crippen LogP contribution in [0.25, 0.3) is 0 Å². The molecule has 0 spiro atoms. The van der Waals surface area contributed by atoms with Crippen LogP contribution in [-0.2, 0) is 20.9 Å². The van der Waals surface area contributed by atoms with E-state index in [-0.39, 0.29) is 12.1 Å². The van der Waals surface area contributed by atoms with E-state index < -0.39 is 12.0 Å². The van der Waals surface area contributed by atoms with Gasteiger partial charge in [0.2, 0.25) is 0 Å². The van der Waals surface area contributed by atoms with E-state index in [1.165, 1.54) is 7.11 Å². The molecule has 1 aromatic carbocycles. The first-order valence-electron chi connectivity index (χ1n) is 11.0. The predicted molar refractivity (Wildman–Crippen MR) is 114 cm³/mol. The highest BCUT2D eigenvalue weighted by atomic mass is 16.5. The number of aliphatic hydroxyl groups is 1. The number of ether oxygens (including phenoxy) is 2. The number of hydrogen-bond donors (Lipinski definition) is 1. The molecule has 1 aromatic rings. The van der Waals surface area contributed by atoms with E-state index in [1.807, 2.05) is 30.3 Å². The summed E-state index contributed by atoms with van der Waals surface area (Å²) in [5.41, 5.74) is 1.13. The Morgan fingerprint density at radius 3 is 2.25 bits per heavy atom. The number of carbonyl (C=O) groups excluding carboxylic acids is 1. The number of rotatable bonds is 16. The number of methoxy groups -OCH3 is 1. The quantitative estimate of drug-likeness (QED) is 0.291. The molecule has 0 amide bonds. The van der Waals surface area contributed by atoms with Crippen molar-refractivity contribution in [3.63, 3.8) is 0 Å². The molecule has 0 aliphatic carbocycles. The minimum atomic E-state index is -0.725. The van der Waals surface area contributed by atoms with Gasteiger partial charge in [-0.3, -0.25) is 4.79 Å². The van der Waals surface area contributed by atoms with E-state index in [0.29, 0.717) is 19.4 Å². The maximum Gasteiger partial charge on any atom is 0.311 e. The summed E-state index contributed by atoms with van der Waals surface area (Å²) in [6.07, 6.45) is 8.98. The summed E-state index contributed by atoms with van der Waals surface area (Å²) < 4.78 is 11.1. The van der Waals surface area contributed by atoms with Crippen LogP contribution in [0.1, 0.15) is 83.6 Å². The lowest BCUT2D eigenvalue weighted by Crippen LogP contribution is -2.33. The second-order valence-corrected chi connectivity index (χ2v) is 7.70. The van der Waals surface area contributed by atoms with Crippen molar-refractivity contribution in [2.75, 3.05) is 7.11 Å². The van der Waals surface area contributed by atoms with Gasteiger partial charge in [-0.25, -0.2) is 0 Å². The van der Waals surface area contributed by atoms with Gasteiger partial charge in [0, 0.05) is 6.42 Å². The number of unbranched alkanes of at least 4 members (excludes halogenated alkanes) is 5. The zero-order valence-corrected chi connectivity index (χ0v) is 18.1. The van der Waals surface area contributed by atoms with Crippen LogP contribution < -0.4 is 0 Å². The third kappa shape index (κ3) is 10.2. The van der Waals surface area contributed by atoms with Crippen molar-refractivity contribution >= 4 is 5.97 Å². The first kappa shape index (κ1) is 24.6. The van der Waals surface area contributed by atoms with Gasteiger partial charge in [0.05, 0.1) is 31.8 Å². The molecule has 1 N–H and O–H groups in total. The minimum absolute atomic E-state index is 0.0513. The zero-order chi connectivity index (χ0) is 20.6. The lowest BCUT2D eigenvalue weighted by atomic mass is 9.90. The summed E-state index contributed by atoms with van der Waals surface area (Å²) >= 11 is 0. The van der Waals surface area contributed by atoms with Gasteiger partial charge in [-0.05, 0) is 18.4 Å². The molecule has 0 aromatic heterocycles. The van der Waals surface area contributed by atoms with Crippen LogP contribution in [0.15, 0.2) is 30.3 Å². The molecule has 1 rings (SSSR count). The highest BCUT2D eigenvalue weighted by molar-refractivity contribution is 5.72. The molecule has 0 saturated carbocycles. The fraction of sp³-hybridized carbons (Fsp3) is 0.708. The number of aliphatic hydroxyl groups excluding tert-OH is 1. The first-order valence-corrected chi connectivity index (χ1v) is 11.0. The lowest BCUT2D eigenvalue weighted by Gasteiger charge is -2.26. The number of benzene rings is 1. The third-order valence-electron chi connectivity index (χ3n) is 5.30. The Morgan fingerprint density at radius 2 is 1.61 bits per heavy atom. The maximum absolute atomic E-state index is 12.2. The number of esters is 1. The second-order valence-electron chi connectivity index (χ2n) is 7.70. The highest BCUT2D eigenvalue weighted by Crippen LogP contribution is 2.23. The summed E-state index contributed by atoms with van der Waals surface area (Å²) in [5.74, 6) is -0.768. The van der Waals surface area contributed by atoms with E-state index in [0.717, 1.165) is 56.9 Å². The van der Waals surface area contributed by atoms with Gasteiger partial charge in [0.1, 0.15) is 0 Å². The number of hydrogen-bond acceptors (Lipinski definition) is 4. The molecule has 3 unspecified atom stereocenters. The lowest BCUT2D eigenvalue weighted by molar-refractivity contribution is -0.151. The summed E-state index contributed by atoms with van der Waals surface area (Å²) in [7, 11) is 1.40. The molecule has 0 saturated heterocycles. The molecule has 4 heteroatoms. The average Bonchev–Trinajstić information content (AvgIpc) is 2.72. The van der Waals surface area contributed by atoms with Gasteiger partial charge in [-0.2, -0.15) is 0 Å². The molecule has 4 nitrogen and oxygen atoms in total. The Morgan fingerprint density at radius 1 is 0.964 bits per heavy atom. The molecule has 0 aliphatic rings. The molecule has 0 aliphatic heterocycles. The second kappa shape index (κ2) is 15.5. The van der Waals surface area contributed by atoms with E-state index >= 15 is 0 Å². The summed E-state index contributed by atoms with van der Waals surface area (Å²) in [5, 5.41) is 10.8. The average molecular weight is 393 g/mol. The van der Waals surface area contributed by atoms with Crippen molar-refractivity contribution in [2.45, 2.75) is 96.9 Å².